The highest BCUT2D eigenvalue weighted by Gasteiger charge is 2.23. The summed E-state index contributed by atoms with van der Waals surface area (Å²) in [7, 11) is 1.71. The molecular formula is C9H8FNO. The first-order chi connectivity index (χ1) is 5.68. The predicted molar refractivity (Wildman–Crippen MR) is 42.2 cm³/mol. The molecule has 0 bridgehead atoms. The number of nitrogens with zero attached hydrogens (tertiary/aromatic N) is 1. The fourth-order valence-corrected chi connectivity index (χ4v) is 1.43. The zero-order valence-electron chi connectivity index (χ0n) is 6.67. The summed E-state index contributed by atoms with van der Waals surface area (Å²) < 4.78 is 12.7. The van der Waals surface area contributed by atoms with E-state index in [1.54, 1.807) is 11.9 Å². The molecule has 0 saturated heterocycles. The van der Waals surface area contributed by atoms with Crippen LogP contribution in [0.5, 0.6) is 0 Å². The molecular weight excluding hydrogens is 157 g/mol. The van der Waals surface area contributed by atoms with E-state index < -0.39 is 0 Å². The number of hydrogen-bond acceptors (Lipinski definition) is 1. The molecule has 0 fully saturated rings. The molecule has 2 nitrogen and oxygen atoms in total. The smallest absolute Gasteiger partial charge is 0.254 e. The Bertz CT molecular complexity index is 348. The zero-order valence-corrected chi connectivity index (χ0v) is 6.67. The lowest BCUT2D eigenvalue weighted by Gasteiger charge is -2.04. The van der Waals surface area contributed by atoms with Crippen LogP contribution < -0.4 is 0 Å². The molecule has 1 aromatic carbocycles. The van der Waals surface area contributed by atoms with Gasteiger partial charge in [0.1, 0.15) is 5.82 Å². The Morgan fingerprint density at radius 2 is 2.25 bits per heavy atom. The van der Waals surface area contributed by atoms with Gasteiger partial charge in [0.25, 0.3) is 5.91 Å². The second-order valence-corrected chi connectivity index (χ2v) is 2.96. The zero-order chi connectivity index (χ0) is 8.72. The van der Waals surface area contributed by atoms with Crippen molar-refractivity contribution in [2.45, 2.75) is 6.54 Å². The van der Waals surface area contributed by atoms with Crippen LogP contribution in [-0.4, -0.2) is 17.9 Å². The highest BCUT2D eigenvalue weighted by molar-refractivity contribution is 5.98. The van der Waals surface area contributed by atoms with E-state index >= 15 is 0 Å². The quantitative estimate of drug-likeness (QED) is 0.569. The normalized spacial score (nSPS) is 15.2. The molecule has 62 valence electrons. The number of amides is 1. The number of benzene rings is 1. The molecule has 0 unspecified atom stereocenters. The molecule has 0 saturated carbocycles. The van der Waals surface area contributed by atoms with Crippen LogP contribution in [0.2, 0.25) is 0 Å². The van der Waals surface area contributed by atoms with Crippen LogP contribution in [0.1, 0.15) is 15.9 Å². The fraction of sp³-hybridized carbons (Fsp3) is 0.222. The number of carbonyl (C=O) groups is 1. The van der Waals surface area contributed by atoms with Gasteiger partial charge in [-0.2, -0.15) is 0 Å². The van der Waals surface area contributed by atoms with Crippen molar-refractivity contribution in [2.24, 2.45) is 0 Å². The number of rotatable bonds is 0. The van der Waals surface area contributed by atoms with Crippen LogP contribution in [0.15, 0.2) is 18.2 Å². The Morgan fingerprint density at radius 1 is 1.50 bits per heavy atom. The minimum atomic E-state index is -0.281. The molecule has 2 rings (SSSR count). The van der Waals surface area contributed by atoms with Crippen molar-refractivity contribution < 1.29 is 9.18 Å². The molecule has 1 heterocycles. The summed E-state index contributed by atoms with van der Waals surface area (Å²) in [5, 5.41) is 0. The van der Waals surface area contributed by atoms with Gasteiger partial charge in [0.2, 0.25) is 0 Å². The maximum Gasteiger partial charge on any atom is 0.254 e. The van der Waals surface area contributed by atoms with Gasteiger partial charge < -0.3 is 4.90 Å². The molecule has 0 aromatic heterocycles. The molecule has 0 atom stereocenters. The second kappa shape index (κ2) is 2.30. The summed E-state index contributed by atoms with van der Waals surface area (Å²) in [5.41, 5.74) is 1.40. The van der Waals surface area contributed by atoms with Crippen LogP contribution in [0.3, 0.4) is 0 Å². The van der Waals surface area contributed by atoms with Crippen molar-refractivity contribution in [1.29, 1.82) is 0 Å². The lowest BCUT2D eigenvalue weighted by Crippen LogP contribution is -2.17. The average Bonchev–Trinajstić information content (AvgIpc) is 2.28. The number of fused-ring (bicyclic) bond motifs is 1. The van der Waals surface area contributed by atoms with Gasteiger partial charge in [-0.25, -0.2) is 4.39 Å². The Hall–Kier alpha value is -1.38. The average molecular weight is 165 g/mol. The fourth-order valence-electron chi connectivity index (χ4n) is 1.43. The monoisotopic (exact) mass is 165 g/mol. The molecule has 1 aromatic rings. The number of hydrogen-bond donors (Lipinski definition) is 0. The van der Waals surface area contributed by atoms with Gasteiger partial charge in [-0.3, -0.25) is 4.79 Å². The maximum atomic E-state index is 12.7. The van der Waals surface area contributed by atoms with Crippen molar-refractivity contribution in [1.82, 2.24) is 4.90 Å². The Balaban J connectivity index is 2.54. The molecule has 1 aliphatic heterocycles. The minimum absolute atomic E-state index is 0.0231. The van der Waals surface area contributed by atoms with E-state index in [1.807, 2.05) is 0 Å². The van der Waals surface area contributed by atoms with Gasteiger partial charge in [0, 0.05) is 19.2 Å². The van der Waals surface area contributed by atoms with Gasteiger partial charge in [0.15, 0.2) is 0 Å². The van der Waals surface area contributed by atoms with Crippen LogP contribution in [0, 0.1) is 5.82 Å². The van der Waals surface area contributed by atoms with Gasteiger partial charge in [-0.05, 0) is 23.8 Å². The van der Waals surface area contributed by atoms with Crippen LogP contribution >= 0.6 is 0 Å². The van der Waals surface area contributed by atoms with E-state index in [9.17, 15) is 9.18 Å². The molecule has 1 amide bonds. The largest absolute Gasteiger partial charge is 0.337 e. The molecule has 12 heavy (non-hydrogen) atoms. The summed E-state index contributed by atoms with van der Waals surface area (Å²) in [6.45, 7) is 0.520. The van der Waals surface area contributed by atoms with Gasteiger partial charge in [0.05, 0.1) is 0 Å². The highest BCUT2D eigenvalue weighted by atomic mass is 19.1. The van der Waals surface area contributed by atoms with Crippen molar-refractivity contribution in [3.8, 4) is 0 Å². The van der Waals surface area contributed by atoms with Crippen molar-refractivity contribution in [2.75, 3.05) is 7.05 Å². The SMILES string of the molecule is CN1Cc2cc(F)ccc2C1=O. The lowest BCUT2D eigenvalue weighted by atomic mass is 10.1. The van der Waals surface area contributed by atoms with Gasteiger partial charge >= 0.3 is 0 Å². The van der Waals surface area contributed by atoms with Crippen LogP contribution in [0.4, 0.5) is 4.39 Å². The second-order valence-electron chi connectivity index (χ2n) is 2.96. The van der Waals surface area contributed by atoms with E-state index in [-0.39, 0.29) is 11.7 Å². The first-order valence-electron chi connectivity index (χ1n) is 3.72. The van der Waals surface area contributed by atoms with Crippen LogP contribution in [-0.2, 0) is 6.54 Å². The maximum absolute atomic E-state index is 12.7. The predicted octanol–water partition coefficient (Wildman–Crippen LogP) is 1.41. The summed E-state index contributed by atoms with van der Waals surface area (Å²) in [6.07, 6.45) is 0. The molecule has 0 N–H and O–H groups in total. The third kappa shape index (κ3) is 0.897. The third-order valence-electron chi connectivity index (χ3n) is 2.05. The summed E-state index contributed by atoms with van der Waals surface area (Å²) in [5.74, 6) is -0.304. The van der Waals surface area contributed by atoms with Crippen molar-refractivity contribution in [3.05, 3.63) is 35.1 Å². The molecule has 0 radical (unpaired) electrons. The Morgan fingerprint density at radius 3 is 3.00 bits per heavy atom. The first-order valence-corrected chi connectivity index (χ1v) is 3.72. The Labute approximate surface area is 69.6 Å². The van der Waals surface area contributed by atoms with E-state index in [2.05, 4.69) is 0 Å². The third-order valence-corrected chi connectivity index (χ3v) is 2.05. The van der Waals surface area contributed by atoms with E-state index in [4.69, 9.17) is 0 Å². The number of carbonyl (C=O) groups excluding carboxylic acids is 1. The van der Waals surface area contributed by atoms with E-state index in [1.165, 1.54) is 18.2 Å². The molecule has 0 aliphatic carbocycles. The molecule has 0 spiro atoms. The first kappa shape index (κ1) is 7.28. The lowest BCUT2D eigenvalue weighted by molar-refractivity contribution is 0.0816. The van der Waals surface area contributed by atoms with Crippen molar-refractivity contribution >= 4 is 5.91 Å². The highest BCUT2D eigenvalue weighted by Crippen LogP contribution is 2.21. The minimum Gasteiger partial charge on any atom is -0.337 e. The van der Waals surface area contributed by atoms with E-state index in [0.29, 0.717) is 12.1 Å². The van der Waals surface area contributed by atoms with Gasteiger partial charge in [-0.1, -0.05) is 0 Å². The Kier molecular flexibility index (Phi) is 1.40. The van der Waals surface area contributed by atoms with Crippen LogP contribution in [0.25, 0.3) is 0 Å². The summed E-state index contributed by atoms with van der Waals surface area (Å²) in [6, 6.07) is 4.27. The topological polar surface area (TPSA) is 20.3 Å². The van der Waals surface area contributed by atoms with Crippen molar-refractivity contribution in [3.63, 3.8) is 0 Å². The number of halogens is 1. The van der Waals surface area contributed by atoms with E-state index in [0.717, 1.165) is 5.56 Å². The standard InChI is InChI=1S/C9H8FNO/c1-11-5-6-4-7(10)2-3-8(6)9(11)12/h2-4H,5H2,1H3. The summed E-state index contributed by atoms with van der Waals surface area (Å²) >= 11 is 0. The summed E-state index contributed by atoms with van der Waals surface area (Å²) in [4.78, 5) is 12.9. The molecule has 1 aliphatic rings. The molecule has 3 heteroatoms. The van der Waals surface area contributed by atoms with Gasteiger partial charge in [-0.15, -0.1) is 0 Å².